The van der Waals surface area contributed by atoms with Crippen molar-refractivity contribution in [3.8, 4) is 5.69 Å². The zero-order valence-corrected chi connectivity index (χ0v) is 13.2. The summed E-state index contributed by atoms with van der Waals surface area (Å²) in [6, 6.07) is 10.9. The van der Waals surface area contributed by atoms with Gasteiger partial charge < -0.3 is 9.09 Å². The summed E-state index contributed by atoms with van der Waals surface area (Å²) in [7, 11) is 0. The van der Waals surface area contributed by atoms with Gasteiger partial charge in [0.25, 0.3) is 11.8 Å². The summed E-state index contributed by atoms with van der Waals surface area (Å²) in [6.07, 6.45) is 3.68. The molecule has 2 aromatic heterocycles. The first-order chi connectivity index (χ1) is 11.6. The molecule has 2 N–H and O–H groups in total. The molecule has 0 atom stereocenters. The Balaban J connectivity index is 1.76. The molecule has 0 aliphatic carbocycles. The van der Waals surface area contributed by atoms with Crippen LogP contribution in [0.4, 0.5) is 0 Å². The third-order valence-corrected chi connectivity index (χ3v) is 3.58. The molecule has 0 aliphatic heterocycles. The summed E-state index contributed by atoms with van der Waals surface area (Å²) in [4.78, 5) is 24.6. The average Bonchev–Trinajstić information content (AvgIpc) is 3.22. The summed E-state index contributed by atoms with van der Waals surface area (Å²) in [5.74, 6) is -0.496. The third kappa shape index (κ3) is 2.91. The van der Waals surface area contributed by atoms with E-state index < -0.39 is 11.8 Å². The van der Waals surface area contributed by atoms with Crippen LogP contribution >= 0.6 is 0 Å². The van der Waals surface area contributed by atoms with Gasteiger partial charge in [-0.3, -0.25) is 20.4 Å². The summed E-state index contributed by atoms with van der Waals surface area (Å²) < 4.78 is 6.77. The van der Waals surface area contributed by atoms with Gasteiger partial charge in [0.2, 0.25) is 0 Å². The first-order valence-electron chi connectivity index (χ1n) is 7.34. The molecular weight excluding hydrogens is 308 g/mol. The molecule has 0 fully saturated rings. The van der Waals surface area contributed by atoms with Crippen molar-refractivity contribution in [1.82, 2.24) is 20.6 Å². The number of hydrogen-bond donors (Lipinski definition) is 2. The molecule has 122 valence electrons. The van der Waals surface area contributed by atoms with Gasteiger partial charge in [-0.1, -0.05) is 17.3 Å². The topological polar surface area (TPSA) is 89.2 Å². The Bertz CT molecular complexity index is 862. The van der Waals surface area contributed by atoms with Gasteiger partial charge in [-0.25, -0.2) is 0 Å². The molecule has 3 rings (SSSR count). The van der Waals surface area contributed by atoms with Crippen molar-refractivity contribution in [2.24, 2.45) is 0 Å². The van der Waals surface area contributed by atoms with E-state index in [9.17, 15) is 9.59 Å². The predicted octanol–water partition coefficient (Wildman–Crippen LogP) is 2.16. The first kappa shape index (κ1) is 15.5. The van der Waals surface area contributed by atoms with E-state index in [1.807, 2.05) is 41.2 Å². The molecule has 7 heteroatoms. The maximum Gasteiger partial charge on any atom is 0.275 e. The molecule has 0 saturated heterocycles. The standard InChI is InChI=1S/C17H16N4O3/c1-11-15(12(2)24-20-11)17(23)19-18-16(22)13-7-3-4-8-14(13)21-9-5-6-10-21/h3-10H,1-2H3,(H,18,22)(H,19,23). The second kappa shape index (κ2) is 6.41. The Morgan fingerprint density at radius 3 is 2.33 bits per heavy atom. The molecular formula is C17H16N4O3. The van der Waals surface area contributed by atoms with E-state index in [2.05, 4.69) is 16.0 Å². The van der Waals surface area contributed by atoms with Crippen molar-refractivity contribution in [1.29, 1.82) is 0 Å². The maximum atomic E-state index is 12.4. The number of nitrogens with one attached hydrogen (secondary N) is 2. The number of amides is 2. The van der Waals surface area contributed by atoms with Crippen LogP contribution in [0.2, 0.25) is 0 Å². The number of carbonyl (C=O) groups excluding carboxylic acids is 2. The zero-order valence-electron chi connectivity index (χ0n) is 13.2. The quantitative estimate of drug-likeness (QED) is 0.723. The highest BCUT2D eigenvalue weighted by molar-refractivity contribution is 6.01. The molecule has 0 radical (unpaired) electrons. The van der Waals surface area contributed by atoms with Crippen LogP contribution in [0.1, 0.15) is 32.2 Å². The third-order valence-electron chi connectivity index (χ3n) is 3.58. The van der Waals surface area contributed by atoms with E-state index in [1.54, 1.807) is 26.0 Å². The molecule has 0 bridgehead atoms. The molecule has 24 heavy (non-hydrogen) atoms. The molecule has 2 heterocycles. The minimum Gasteiger partial charge on any atom is -0.361 e. The zero-order chi connectivity index (χ0) is 17.1. The normalized spacial score (nSPS) is 10.4. The van der Waals surface area contributed by atoms with Crippen molar-refractivity contribution in [3.05, 3.63) is 71.4 Å². The van der Waals surface area contributed by atoms with Crippen LogP contribution in [0.5, 0.6) is 0 Å². The van der Waals surface area contributed by atoms with Crippen molar-refractivity contribution in [2.75, 3.05) is 0 Å². The van der Waals surface area contributed by atoms with Crippen molar-refractivity contribution < 1.29 is 14.1 Å². The molecule has 7 nitrogen and oxygen atoms in total. The molecule has 2 amide bonds. The smallest absolute Gasteiger partial charge is 0.275 e. The Kier molecular flexibility index (Phi) is 4.15. The number of aryl methyl sites for hydroxylation is 2. The monoisotopic (exact) mass is 324 g/mol. The Hall–Kier alpha value is -3.35. The number of nitrogens with zero attached hydrogens (tertiary/aromatic N) is 2. The van der Waals surface area contributed by atoms with Crippen molar-refractivity contribution in [2.45, 2.75) is 13.8 Å². The highest BCUT2D eigenvalue weighted by Gasteiger charge is 2.19. The van der Waals surface area contributed by atoms with Gasteiger partial charge >= 0.3 is 0 Å². The van der Waals surface area contributed by atoms with Crippen LogP contribution in [0.25, 0.3) is 5.69 Å². The van der Waals surface area contributed by atoms with Crippen LogP contribution in [-0.4, -0.2) is 21.5 Å². The van der Waals surface area contributed by atoms with Gasteiger partial charge in [0.1, 0.15) is 11.3 Å². The molecule has 0 saturated carbocycles. The second-order valence-electron chi connectivity index (χ2n) is 5.21. The molecule has 0 aliphatic rings. The fourth-order valence-electron chi connectivity index (χ4n) is 2.44. The van der Waals surface area contributed by atoms with E-state index in [4.69, 9.17) is 4.52 Å². The minimum atomic E-state index is -0.474. The lowest BCUT2D eigenvalue weighted by Crippen LogP contribution is -2.42. The Labute approximate surface area is 138 Å². The molecule has 0 unspecified atom stereocenters. The number of hydrogen-bond acceptors (Lipinski definition) is 4. The van der Waals surface area contributed by atoms with Crippen LogP contribution in [0, 0.1) is 13.8 Å². The van der Waals surface area contributed by atoms with Crippen LogP contribution in [0.3, 0.4) is 0 Å². The van der Waals surface area contributed by atoms with Gasteiger partial charge in [0.15, 0.2) is 0 Å². The fourth-order valence-corrected chi connectivity index (χ4v) is 2.44. The fraction of sp³-hybridized carbons (Fsp3) is 0.118. The number of aromatic nitrogens is 2. The van der Waals surface area contributed by atoms with Gasteiger partial charge in [0, 0.05) is 12.4 Å². The Morgan fingerprint density at radius 2 is 1.67 bits per heavy atom. The highest BCUT2D eigenvalue weighted by Crippen LogP contribution is 2.15. The SMILES string of the molecule is Cc1noc(C)c1C(=O)NNC(=O)c1ccccc1-n1cccc1. The lowest BCUT2D eigenvalue weighted by Gasteiger charge is -2.11. The number of benzene rings is 1. The summed E-state index contributed by atoms with van der Waals surface area (Å²) in [6.45, 7) is 3.30. The van der Waals surface area contributed by atoms with Gasteiger partial charge in [-0.05, 0) is 38.1 Å². The van der Waals surface area contributed by atoms with E-state index in [-0.39, 0.29) is 0 Å². The number of hydrazine groups is 1. The van der Waals surface area contributed by atoms with Gasteiger partial charge in [-0.15, -0.1) is 0 Å². The molecule has 3 aromatic rings. The minimum absolute atomic E-state index is 0.314. The van der Waals surface area contributed by atoms with Crippen LogP contribution in [-0.2, 0) is 0 Å². The summed E-state index contributed by atoms with van der Waals surface area (Å²) in [5.41, 5.74) is 6.74. The van der Waals surface area contributed by atoms with Crippen LogP contribution in [0.15, 0.2) is 53.3 Å². The van der Waals surface area contributed by atoms with E-state index in [0.29, 0.717) is 28.3 Å². The predicted molar refractivity (Wildman–Crippen MR) is 86.7 cm³/mol. The van der Waals surface area contributed by atoms with E-state index >= 15 is 0 Å². The number of rotatable bonds is 3. The Morgan fingerprint density at radius 1 is 1.00 bits per heavy atom. The lowest BCUT2D eigenvalue weighted by molar-refractivity contribution is 0.0845. The molecule has 1 aromatic carbocycles. The number of carbonyl (C=O) groups is 2. The van der Waals surface area contributed by atoms with Crippen molar-refractivity contribution >= 4 is 11.8 Å². The van der Waals surface area contributed by atoms with Crippen LogP contribution < -0.4 is 10.9 Å². The highest BCUT2D eigenvalue weighted by atomic mass is 16.5. The first-order valence-corrected chi connectivity index (χ1v) is 7.34. The lowest BCUT2D eigenvalue weighted by atomic mass is 10.1. The summed E-state index contributed by atoms with van der Waals surface area (Å²) >= 11 is 0. The number of para-hydroxylation sites is 1. The van der Waals surface area contributed by atoms with Gasteiger partial charge in [-0.2, -0.15) is 0 Å². The molecule has 0 spiro atoms. The van der Waals surface area contributed by atoms with Crippen molar-refractivity contribution in [3.63, 3.8) is 0 Å². The maximum absolute atomic E-state index is 12.4. The van der Waals surface area contributed by atoms with E-state index in [1.165, 1.54) is 0 Å². The van der Waals surface area contributed by atoms with Gasteiger partial charge in [0.05, 0.1) is 16.9 Å². The summed E-state index contributed by atoms with van der Waals surface area (Å²) in [5, 5.41) is 3.72. The average molecular weight is 324 g/mol. The largest absolute Gasteiger partial charge is 0.361 e. The second-order valence-corrected chi connectivity index (χ2v) is 5.21. The van der Waals surface area contributed by atoms with E-state index in [0.717, 1.165) is 0 Å².